The maximum Gasteiger partial charge on any atom is 0.326 e. The second-order valence-electron chi connectivity index (χ2n) is 5.74. The molecule has 1 aromatic carbocycles. The lowest BCUT2D eigenvalue weighted by Crippen LogP contribution is -2.49. The second-order valence-corrected chi connectivity index (χ2v) is 5.74. The number of carbonyl (C=O) groups excluding carboxylic acids is 1. The summed E-state index contributed by atoms with van der Waals surface area (Å²) in [4.78, 5) is 23.4. The molecule has 0 spiro atoms. The smallest absolute Gasteiger partial charge is 0.326 e. The van der Waals surface area contributed by atoms with E-state index in [1.165, 1.54) is 0 Å². The molecule has 110 valence electrons. The van der Waals surface area contributed by atoms with E-state index < -0.39 is 23.3 Å². The number of amides is 1. The van der Waals surface area contributed by atoms with Crippen LogP contribution in [0.15, 0.2) is 24.3 Å². The summed E-state index contributed by atoms with van der Waals surface area (Å²) in [5, 5.41) is 11.8. The predicted octanol–water partition coefficient (Wildman–Crippen LogP) is 2.06. The number of aliphatic carboxylic acids is 1. The number of benzene rings is 1. The van der Waals surface area contributed by atoms with Crippen molar-refractivity contribution in [2.75, 3.05) is 7.11 Å². The Morgan fingerprint density at radius 3 is 2.50 bits per heavy atom. The Morgan fingerprint density at radius 1 is 1.35 bits per heavy atom. The number of carboxylic acid groups (broad SMARTS) is 1. The Morgan fingerprint density at radius 2 is 2.00 bits per heavy atom. The van der Waals surface area contributed by atoms with Crippen molar-refractivity contribution in [1.29, 1.82) is 0 Å². The number of hydrogen-bond donors (Lipinski definition) is 2. The highest BCUT2D eigenvalue weighted by atomic mass is 16.5. The van der Waals surface area contributed by atoms with Gasteiger partial charge in [-0.1, -0.05) is 32.9 Å². The lowest BCUT2D eigenvalue weighted by atomic mass is 9.86. The zero-order valence-corrected chi connectivity index (χ0v) is 12.3. The fourth-order valence-electron chi connectivity index (χ4n) is 1.83. The van der Waals surface area contributed by atoms with Gasteiger partial charge in [-0.2, -0.15) is 0 Å². The van der Waals surface area contributed by atoms with Crippen LogP contribution in [-0.4, -0.2) is 30.1 Å². The first-order chi connectivity index (χ1) is 9.25. The number of carboxylic acids is 1. The quantitative estimate of drug-likeness (QED) is 0.865. The van der Waals surface area contributed by atoms with Crippen LogP contribution in [0.5, 0.6) is 0 Å². The van der Waals surface area contributed by atoms with Crippen LogP contribution in [0.2, 0.25) is 0 Å². The predicted molar refractivity (Wildman–Crippen MR) is 75.5 cm³/mol. The molecular formula is C15H21NO4. The molecule has 1 aromatic rings. The van der Waals surface area contributed by atoms with Gasteiger partial charge in [0.05, 0.1) is 6.61 Å². The molecule has 0 bridgehead atoms. The molecule has 1 rings (SSSR count). The number of nitrogens with one attached hydrogen (secondary N) is 1. The normalized spacial score (nSPS) is 12.8. The van der Waals surface area contributed by atoms with Crippen LogP contribution in [0.1, 0.15) is 36.7 Å². The third kappa shape index (κ3) is 4.35. The minimum Gasteiger partial charge on any atom is -0.480 e. The van der Waals surface area contributed by atoms with Gasteiger partial charge in [-0.3, -0.25) is 4.79 Å². The maximum atomic E-state index is 12.1. The molecule has 1 amide bonds. The van der Waals surface area contributed by atoms with Gasteiger partial charge in [0.15, 0.2) is 0 Å². The highest BCUT2D eigenvalue weighted by molar-refractivity contribution is 5.96. The topological polar surface area (TPSA) is 75.6 Å². The van der Waals surface area contributed by atoms with Crippen molar-refractivity contribution in [2.24, 2.45) is 5.41 Å². The van der Waals surface area contributed by atoms with Crippen molar-refractivity contribution in [3.63, 3.8) is 0 Å². The van der Waals surface area contributed by atoms with E-state index in [0.29, 0.717) is 12.2 Å². The molecule has 0 aromatic heterocycles. The molecule has 0 fully saturated rings. The molecule has 0 aliphatic rings. The Kier molecular flexibility index (Phi) is 5.27. The van der Waals surface area contributed by atoms with Crippen LogP contribution in [-0.2, 0) is 16.1 Å². The van der Waals surface area contributed by atoms with Gasteiger partial charge in [-0.15, -0.1) is 0 Å². The lowest BCUT2D eigenvalue weighted by Gasteiger charge is -2.27. The molecule has 1 atom stereocenters. The zero-order chi connectivity index (χ0) is 15.3. The maximum absolute atomic E-state index is 12.1. The van der Waals surface area contributed by atoms with Crippen LogP contribution in [0.4, 0.5) is 0 Å². The van der Waals surface area contributed by atoms with E-state index in [9.17, 15) is 14.7 Å². The van der Waals surface area contributed by atoms with Crippen molar-refractivity contribution in [1.82, 2.24) is 5.32 Å². The van der Waals surface area contributed by atoms with Gasteiger partial charge in [-0.25, -0.2) is 4.79 Å². The molecule has 0 aliphatic heterocycles. The number of rotatable bonds is 5. The first kappa shape index (κ1) is 16.2. The van der Waals surface area contributed by atoms with E-state index in [-0.39, 0.29) is 0 Å². The minimum absolute atomic E-state index is 0.398. The van der Waals surface area contributed by atoms with Gasteiger partial charge in [0.1, 0.15) is 6.04 Å². The lowest BCUT2D eigenvalue weighted by molar-refractivity contribution is -0.142. The van der Waals surface area contributed by atoms with Crippen LogP contribution in [0.25, 0.3) is 0 Å². The van der Waals surface area contributed by atoms with Crippen molar-refractivity contribution in [2.45, 2.75) is 33.4 Å². The molecule has 20 heavy (non-hydrogen) atoms. The van der Waals surface area contributed by atoms with Crippen LogP contribution < -0.4 is 5.32 Å². The molecule has 2 N–H and O–H groups in total. The van der Waals surface area contributed by atoms with E-state index in [1.807, 2.05) is 6.07 Å². The van der Waals surface area contributed by atoms with Crippen molar-refractivity contribution >= 4 is 11.9 Å². The van der Waals surface area contributed by atoms with Gasteiger partial charge in [0, 0.05) is 12.7 Å². The van der Waals surface area contributed by atoms with Gasteiger partial charge < -0.3 is 15.2 Å². The number of hydrogen-bond acceptors (Lipinski definition) is 3. The summed E-state index contributed by atoms with van der Waals surface area (Å²) in [5.74, 6) is -1.44. The highest BCUT2D eigenvalue weighted by Gasteiger charge is 2.32. The standard InChI is InChI=1S/C15H21NO4/c1-15(2,3)12(14(18)19)16-13(17)11-7-5-6-10(8-11)9-20-4/h5-8,12H,9H2,1-4H3,(H,16,17)(H,18,19)/t12-/m0/s1. The van der Waals surface area contributed by atoms with Crippen molar-refractivity contribution < 1.29 is 19.4 Å². The average molecular weight is 279 g/mol. The van der Waals surface area contributed by atoms with Gasteiger partial charge >= 0.3 is 5.97 Å². The summed E-state index contributed by atoms with van der Waals surface area (Å²) in [6.07, 6.45) is 0. The second kappa shape index (κ2) is 6.52. The number of ether oxygens (including phenoxy) is 1. The van der Waals surface area contributed by atoms with Crippen LogP contribution in [0, 0.1) is 5.41 Å². The Bertz CT molecular complexity index is 491. The van der Waals surface area contributed by atoms with Crippen LogP contribution in [0.3, 0.4) is 0 Å². The van der Waals surface area contributed by atoms with E-state index in [2.05, 4.69) is 5.32 Å². The molecule has 0 aliphatic carbocycles. The van der Waals surface area contributed by atoms with E-state index in [0.717, 1.165) is 5.56 Å². The molecule has 5 nitrogen and oxygen atoms in total. The van der Waals surface area contributed by atoms with E-state index in [4.69, 9.17) is 4.74 Å². The van der Waals surface area contributed by atoms with Crippen molar-refractivity contribution in [3.8, 4) is 0 Å². The first-order valence-electron chi connectivity index (χ1n) is 6.37. The third-order valence-electron chi connectivity index (χ3n) is 2.89. The molecule has 0 saturated heterocycles. The molecule has 0 heterocycles. The van der Waals surface area contributed by atoms with Gasteiger partial charge in [-0.05, 0) is 23.1 Å². The monoisotopic (exact) mass is 279 g/mol. The molecule has 0 saturated carbocycles. The fraction of sp³-hybridized carbons (Fsp3) is 0.467. The number of methoxy groups -OCH3 is 1. The minimum atomic E-state index is -1.04. The Labute approximate surface area is 118 Å². The van der Waals surface area contributed by atoms with Crippen molar-refractivity contribution in [3.05, 3.63) is 35.4 Å². The van der Waals surface area contributed by atoms with E-state index in [1.54, 1.807) is 46.1 Å². The van der Waals surface area contributed by atoms with Gasteiger partial charge in [0.25, 0.3) is 5.91 Å². The van der Waals surface area contributed by atoms with Crippen LogP contribution >= 0.6 is 0 Å². The molecule has 5 heteroatoms. The summed E-state index contributed by atoms with van der Waals surface area (Å²) in [7, 11) is 1.58. The molecular weight excluding hydrogens is 258 g/mol. The summed E-state index contributed by atoms with van der Waals surface area (Å²) < 4.78 is 5.01. The zero-order valence-electron chi connectivity index (χ0n) is 12.3. The Hall–Kier alpha value is -1.88. The fourth-order valence-corrected chi connectivity index (χ4v) is 1.83. The largest absolute Gasteiger partial charge is 0.480 e. The van der Waals surface area contributed by atoms with Gasteiger partial charge in [0.2, 0.25) is 0 Å². The van der Waals surface area contributed by atoms with E-state index >= 15 is 0 Å². The Balaban J connectivity index is 2.89. The summed E-state index contributed by atoms with van der Waals surface area (Å²) in [6, 6.07) is 5.99. The summed E-state index contributed by atoms with van der Waals surface area (Å²) >= 11 is 0. The summed E-state index contributed by atoms with van der Waals surface area (Å²) in [6.45, 7) is 5.72. The summed E-state index contributed by atoms with van der Waals surface area (Å²) in [5.41, 5.74) is 0.726. The highest BCUT2D eigenvalue weighted by Crippen LogP contribution is 2.20. The molecule has 0 radical (unpaired) electrons. The average Bonchev–Trinajstić information content (AvgIpc) is 2.34. The SMILES string of the molecule is COCc1cccc(C(=O)N[C@@H](C(=O)O)C(C)(C)C)c1. The molecule has 0 unspecified atom stereocenters. The third-order valence-corrected chi connectivity index (χ3v) is 2.89. The number of carbonyl (C=O) groups is 2. The first-order valence-corrected chi connectivity index (χ1v) is 6.37.